The van der Waals surface area contributed by atoms with Crippen LogP contribution in [-0.4, -0.2) is 62.4 Å². The summed E-state index contributed by atoms with van der Waals surface area (Å²) in [6.45, 7) is 5.38. The normalized spacial score (nSPS) is 28.5. The first-order valence-electron chi connectivity index (χ1n) is 7.38. The van der Waals surface area contributed by atoms with Gasteiger partial charge in [0.2, 0.25) is 5.91 Å². The maximum absolute atomic E-state index is 12.1. The molecule has 0 bridgehead atoms. The highest BCUT2D eigenvalue weighted by atomic mass is 16.5. The summed E-state index contributed by atoms with van der Waals surface area (Å²) in [5.74, 6) is 0.163. The summed E-state index contributed by atoms with van der Waals surface area (Å²) in [6.07, 6.45) is 4.00. The summed E-state index contributed by atoms with van der Waals surface area (Å²) in [6, 6.07) is 0.228. The molecule has 0 aromatic rings. The zero-order valence-electron chi connectivity index (χ0n) is 12.1. The van der Waals surface area contributed by atoms with Gasteiger partial charge in [-0.25, -0.2) is 0 Å². The summed E-state index contributed by atoms with van der Waals surface area (Å²) in [5, 5.41) is 3.31. The molecular formula is C14H26N2O3. The molecule has 5 heteroatoms. The summed E-state index contributed by atoms with van der Waals surface area (Å²) in [7, 11) is 1.88. The lowest BCUT2D eigenvalue weighted by molar-refractivity contribution is -0.134. The van der Waals surface area contributed by atoms with Crippen molar-refractivity contribution in [3.05, 3.63) is 0 Å². The Balaban J connectivity index is 1.65. The van der Waals surface area contributed by atoms with E-state index in [2.05, 4.69) is 5.32 Å². The molecule has 2 rings (SSSR count). The van der Waals surface area contributed by atoms with Crippen LogP contribution in [-0.2, 0) is 14.3 Å². The molecule has 2 saturated heterocycles. The third-order valence-electron chi connectivity index (χ3n) is 4.18. The van der Waals surface area contributed by atoms with Crippen molar-refractivity contribution in [3.63, 3.8) is 0 Å². The van der Waals surface area contributed by atoms with E-state index in [9.17, 15) is 4.79 Å². The van der Waals surface area contributed by atoms with Gasteiger partial charge in [0.1, 0.15) is 0 Å². The Hall–Kier alpha value is -0.650. The molecule has 2 atom stereocenters. The fourth-order valence-electron chi connectivity index (χ4n) is 2.87. The first kappa shape index (κ1) is 14.8. The molecule has 0 aliphatic carbocycles. The predicted molar refractivity (Wildman–Crippen MR) is 73.0 cm³/mol. The van der Waals surface area contributed by atoms with Crippen molar-refractivity contribution in [3.8, 4) is 0 Å². The molecular weight excluding hydrogens is 244 g/mol. The van der Waals surface area contributed by atoms with Gasteiger partial charge in [-0.05, 0) is 39.3 Å². The summed E-state index contributed by atoms with van der Waals surface area (Å²) in [4.78, 5) is 13.9. The van der Waals surface area contributed by atoms with E-state index in [-0.39, 0.29) is 18.1 Å². The number of carbonyl (C=O) groups excluding carboxylic acids is 1. The van der Waals surface area contributed by atoms with Crippen molar-refractivity contribution in [2.45, 2.75) is 50.9 Å². The van der Waals surface area contributed by atoms with Crippen LogP contribution in [0.4, 0.5) is 0 Å². The van der Waals surface area contributed by atoms with Crippen LogP contribution in [0.15, 0.2) is 0 Å². The second-order valence-electron chi connectivity index (χ2n) is 5.51. The minimum Gasteiger partial charge on any atom is -0.378 e. The Labute approximate surface area is 115 Å². The number of rotatable bonds is 5. The van der Waals surface area contributed by atoms with E-state index in [4.69, 9.17) is 9.47 Å². The first-order valence-corrected chi connectivity index (χ1v) is 7.38. The third-order valence-corrected chi connectivity index (χ3v) is 4.18. The maximum atomic E-state index is 12.1. The molecule has 5 nitrogen and oxygen atoms in total. The van der Waals surface area contributed by atoms with Crippen LogP contribution in [0.5, 0.6) is 0 Å². The fraction of sp³-hybridized carbons (Fsp3) is 0.929. The van der Waals surface area contributed by atoms with Crippen molar-refractivity contribution in [1.82, 2.24) is 10.2 Å². The largest absolute Gasteiger partial charge is 0.378 e. The average Bonchev–Trinajstić information content (AvgIpc) is 2.85. The lowest BCUT2D eigenvalue weighted by atomic mass is 10.1. The quantitative estimate of drug-likeness (QED) is 0.802. The molecule has 0 radical (unpaired) electrons. The molecule has 2 heterocycles. The first-order chi connectivity index (χ1) is 9.18. The van der Waals surface area contributed by atoms with Gasteiger partial charge in [0.05, 0.1) is 31.3 Å². The Morgan fingerprint density at radius 2 is 2.11 bits per heavy atom. The molecule has 0 aromatic heterocycles. The van der Waals surface area contributed by atoms with E-state index < -0.39 is 0 Å². The highest BCUT2D eigenvalue weighted by molar-refractivity contribution is 5.76. The molecule has 2 fully saturated rings. The van der Waals surface area contributed by atoms with Gasteiger partial charge in [-0.1, -0.05) is 0 Å². The number of hydrogen-bond donors (Lipinski definition) is 1. The molecule has 110 valence electrons. The van der Waals surface area contributed by atoms with Crippen LogP contribution in [0.2, 0.25) is 0 Å². The minimum absolute atomic E-state index is 0.152. The van der Waals surface area contributed by atoms with E-state index in [1.54, 1.807) is 0 Å². The highest BCUT2D eigenvalue weighted by Crippen LogP contribution is 2.19. The van der Waals surface area contributed by atoms with Gasteiger partial charge in [-0.2, -0.15) is 0 Å². The number of piperidine rings is 1. The number of hydrogen-bond acceptors (Lipinski definition) is 4. The molecule has 1 amide bonds. The SMILES string of the molecule is CC1OCCC1N(C)C(=O)CCOC1CCNCC1. The van der Waals surface area contributed by atoms with Gasteiger partial charge in [0, 0.05) is 13.7 Å². The summed E-state index contributed by atoms with van der Waals surface area (Å²) >= 11 is 0. The van der Waals surface area contributed by atoms with Gasteiger partial charge in [0.15, 0.2) is 0 Å². The van der Waals surface area contributed by atoms with Gasteiger partial charge in [-0.3, -0.25) is 4.79 Å². The fourth-order valence-corrected chi connectivity index (χ4v) is 2.87. The zero-order valence-corrected chi connectivity index (χ0v) is 12.1. The van der Waals surface area contributed by atoms with Crippen LogP contribution in [0.1, 0.15) is 32.6 Å². The molecule has 0 spiro atoms. The number of nitrogens with zero attached hydrogens (tertiary/aromatic N) is 1. The number of carbonyl (C=O) groups is 1. The van der Waals surface area contributed by atoms with E-state index in [1.807, 2.05) is 18.9 Å². The Kier molecular flexibility index (Phi) is 5.60. The van der Waals surface area contributed by atoms with Crippen molar-refractivity contribution < 1.29 is 14.3 Å². The molecule has 2 aliphatic rings. The molecule has 19 heavy (non-hydrogen) atoms. The highest BCUT2D eigenvalue weighted by Gasteiger charge is 2.30. The molecule has 1 N–H and O–H groups in total. The van der Waals surface area contributed by atoms with Crippen LogP contribution in [0, 0.1) is 0 Å². The van der Waals surface area contributed by atoms with E-state index in [1.165, 1.54) is 0 Å². The van der Waals surface area contributed by atoms with Crippen molar-refractivity contribution in [2.75, 3.05) is 33.4 Å². The van der Waals surface area contributed by atoms with Crippen molar-refractivity contribution in [1.29, 1.82) is 0 Å². The van der Waals surface area contributed by atoms with Gasteiger partial charge < -0.3 is 19.7 Å². The minimum atomic E-state index is 0.152. The van der Waals surface area contributed by atoms with Gasteiger partial charge in [-0.15, -0.1) is 0 Å². The predicted octanol–water partition coefficient (Wildman–Crippen LogP) is 0.781. The van der Waals surface area contributed by atoms with Gasteiger partial charge >= 0.3 is 0 Å². The molecule has 2 aliphatic heterocycles. The van der Waals surface area contributed by atoms with E-state index in [0.29, 0.717) is 19.1 Å². The van der Waals surface area contributed by atoms with Crippen LogP contribution < -0.4 is 5.32 Å². The topological polar surface area (TPSA) is 50.8 Å². The van der Waals surface area contributed by atoms with Crippen LogP contribution in [0.3, 0.4) is 0 Å². The number of likely N-dealkylation sites (N-methyl/N-ethyl adjacent to an activating group) is 1. The van der Waals surface area contributed by atoms with E-state index in [0.717, 1.165) is 39.0 Å². The second-order valence-corrected chi connectivity index (χ2v) is 5.51. The van der Waals surface area contributed by atoms with E-state index >= 15 is 0 Å². The van der Waals surface area contributed by atoms with Gasteiger partial charge in [0.25, 0.3) is 0 Å². The summed E-state index contributed by atoms with van der Waals surface area (Å²) < 4.78 is 11.3. The maximum Gasteiger partial charge on any atom is 0.224 e. The molecule has 0 aromatic carbocycles. The lowest BCUT2D eigenvalue weighted by Gasteiger charge is -2.27. The van der Waals surface area contributed by atoms with Crippen LogP contribution >= 0.6 is 0 Å². The molecule has 0 saturated carbocycles. The number of amides is 1. The monoisotopic (exact) mass is 270 g/mol. The van der Waals surface area contributed by atoms with Crippen molar-refractivity contribution in [2.24, 2.45) is 0 Å². The second kappa shape index (κ2) is 7.22. The Morgan fingerprint density at radius 1 is 1.37 bits per heavy atom. The standard InChI is InChI=1S/C14H26N2O3/c1-11-13(5-9-18-11)16(2)14(17)6-10-19-12-3-7-15-8-4-12/h11-13,15H,3-10H2,1-2H3. The Morgan fingerprint density at radius 3 is 2.74 bits per heavy atom. The summed E-state index contributed by atoms with van der Waals surface area (Å²) in [5.41, 5.74) is 0. The van der Waals surface area contributed by atoms with Crippen molar-refractivity contribution >= 4 is 5.91 Å². The number of ether oxygens (including phenoxy) is 2. The van der Waals surface area contributed by atoms with Crippen LogP contribution in [0.25, 0.3) is 0 Å². The lowest BCUT2D eigenvalue weighted by Crippen LogP contribution is -2.41. The average molecular weight is 270 g/mol. The Bertz CT molecular complexity index is 292. The third kappa shape index (κ3) is 4.16. The number of nitrogens with one attached hydrogen (secondary N) is 1. The zero-order chi connectivity index (χ0) is 13.7. The smallest absolute Gasteiger partial charge is 0.224 e. The molecule has 2 unspecified atom stereocenters.